The third kappa shape index (κ3) is 21.9. The largest absolute Gasteiger partial charge is 0.480 e. The summed E-state index contributed by atoms with van der Waals surface area (Å²) in [5.74, 6) is -1.25. The minimum Gasteiger partial charge on any atom is -0.480 e. The Morgan fingerprint density at radius 1 is 0.829 bits per heavy atom. The molecule has 5 N–H and O–H groups in total. The minimum atomic E-state index is -1.10. The van der Waals surface area contributed by atoms with Gasteiger partial charge in [0.2, 0.25) is 5.91 Å². The number of unbranched alkanes of at least 4 members (excludes halogenated alkanes) is 15. The summed E-state index contributed by atoms with van der Waals surface area (Å²) in [5, 5.41) is 21.6. The fraction of sp³-hybridized carbons (Fsp3) is 0.857. The first-order chi connectivity index (χ1) is 16.9. The Morgan fingerprint density at radius 3 is 1.80 bits per heavy atom. The van der Waals surface area contributed by atoms with Crippen LogP contribution in [0.25, 0.3) is 0 Å². The molecule has 0 spiro atoms. The molecule has 7 heteroatoms. The first kappa shape index (κ1) is 34.0. The van der Waals surface area contributed by atoms with E-state index in [0.29, 0.717) is 12.2 Å². The lowest BCUT2D eigenvalue weighted by atomic mass is 10.0. The summed E-state index contributed by atoms with van der Waals surface area (Å²) in [5.41, 5.74) is 5.90. The number of rotatable bonds is 25. The van der Waals surface area contributed by atoms with E-state index in [2.05, 4.69) is 25.2 Å². The average Bonchev–Trinajstić information content (AvgIpc) is 2.84. The molecule has 0 aromatic heterocycles. The van der Waals surface area contributed by atoms with Gasteiger partial charge in [-0.15, -0.1) is 11.8 Å². The number of thioether (sulfide) groups is 1. The van der Waals surface area contributed by atoms with E-state index in [9.17, 15) is 14.7 Å². The second-order valence-electron chi connectivity index (χ2n) is 9.68. The third-order valence-electron chi connectivity index (χ3n) is 6.24. The number of carboxylic acid groups (broad SMARTS) is 1. The second-order valence-corrected chi connectivity index (χ2v) is 10.8. The number of hydrogen-bond donors (Lipinski definition) is 4. The van der Waals surface area contributed by atoms with E-state index in [1.54, 1.807) is 0 Å². The standard InChI is InChI=1S/C28H54N2O4S/c1-3-5-7-8-9-10-11-12-13-14-15-16-17-18-19-21-26(25(31)20-6-4-2)35-23-24(29)28(34)30-22-27(32)33/h21,24-25,31H,3-20,22-23,29H2,1-2H3,(H,30,34)(H,32,33)/t24-,25-/m0/s1. The van der Waals surface area contributed by atoms with Crippen molar-refractivity contribution in [2.24, 2.45) is 5.73 Å². The zero-order chi connectivity index (χ0) is 26.2. The Morgan fingerprint density at radius 2 is 1.31 bits per heavy atom. The van der Waals surface area contributed by atoms with Crippen LogP contribution in [0.5, 0.6) is 0 Å². The van der Waals surface area contributed by atoms with E-state index >= 15 is 0 Å². The molecule has 0 radical (unpaired) electrons. The molecule has 35 heavy (non-hydrogen) atoms. The number of nitrogens with two attached hydrogens (primary N) is 1. The highest BCUT2D eigenvalue weighted by Gasteiger charge is 2.18. The molecule has 0 aliphatic heterocycles. The van der Waals surface area contributed by atoms with Crippen molar-refractivity contribution in [2.45, 2.75) is 142 Å². The van der Waals surface area contributed by atoms with Crippen LogP contribution in [0.15, 0.2) is 11.0 Å². The Balaban J connectivity index is 4.07. The molecule has 1 amide bonds. The molecule has 0 heterocycles. The number of aliphatic hydroxyl groups is 1. The molecule has 0 unspecified atom stereocenters. The topological polar surface area (TPSA) is 113 Å². The summed E-state index contributed by atoms with van der Waals surface area (Å²) in [6.07, 6.45) is 23.8. The van der Waals surface area contributed by atoms with Crippen LogP contribution in [-0.4, -0.2) is 46.5 Å². The molecule has 0 aliphatic carbocycles. The van der Waals surface area contributed by atoms with Crippen molar-refractivity contribution in [3.63, 3.8) is 0 Å². The first-order valence-electron chi connectivity index (χ1n) is 14.2. The van der Waals surface area contributed by atoms with Gasteiger partial charge in [0, 0.05) is 10.7 Å². The molecule has 2 atom stereocenters. The smallest absolute Gasteiger partial charge is 0.322 e. The van der Waals surface area contributed by atoms with Crippen LogP contribution in [0, 0.1) is 0 Å². The molecule has 6 nitrogen and oxygen atoms in total. The van der Waals surface area contributed by atoms with Crippen LogP contribution in [0.1, 0.15) is 129 Å². The van der Waals surface area contributed by atoms with Crippen LogP contribution >= 0.6 is 11.8 Å². The van der Waals surface area contributed by atoms with Crippen molar-refractivity contribution in [3.05, 3.63) is 11.0 Å². The van der Waals surface area contributed by atoms with Gasteiger partial charge in [-0.05, 0) is 19.3 Å². The number of aliphatic carboxylic acids is 1. The molecule has 0 rings (SSSR count). The van der Waals surface area contributed by atoms with Gasteiger partial charge in [-0.3, -0.25) is 9.59 Å². The minimum absolute atomic E-state index is 0.319. The lowest BCUT2D eigenvalue weighted by Crippen LogP contribution is -2.44. The van der Waals surface area contributed by atoms with Crippen LogP contribution in [0.2, 0.25) is 0 Å². The zero-order valence-corrected chi connectivity index (χ0v) is 23.4. The van der Waals surface area contributed by atoms with Gasteiger partial charge in [0.1, 0.15) is 6.54 Å². The first-order valence-corrected chi connectivity index (χ1v) is 15.2. The van der Waals surface area contributed by atoms with Gasteiger partial charge in [0.15, 0.2) is 0 Å². The predicted octanol–water partition coefficient (Wildman–Crippen LogP) is 6.55. The van der Waals surface area contributed by atoms with Crippen molar-refractivity contribution in [2.75, 3.05) is 12.3 Å². The highest BCUT2D eigenvalue weighted by Crippen LogP contribution is 2.25. The van der Waals surface area contributed by atoms with Crippen molar-refractivity contribution in [3.8, 4) is 0 Å². The summed E-state index contributed by atoms with van der Waals surface area (Å²) in [6.45, 7) is 3.93. The fourth-order valence-electron chi connectivity index (χ4n) is 3.97. The van der Waals surface area contributed by atoms with E-state index in [1.165, 1.54) is 95.2 Å². The SMILES string of the molecule is CCCCCCCCCCCCCCCCC=C(SC[C@H](N)C(=O)NCC(=O)O)[C@@H](O)CCCC. The molecule has 0 aliphatic rings. The predicted molar refractivity (Wildman–Crippen MR) is 150 cm³/mol. The Bertz CT molecular complexity index is 557. The van der Waals surface area contributed by atoms with Crippen molar-refractivity contribution in [1.82, 2.24) is 5.32 Å². The van der Waals surface area contributed by atoms with Gasteiger partial charge in [0.25, 0.3) is 0 Å². The van der Waals surface area contributed by atoms with E-state index in [4.69, 9.17) is 10.8 Å². The quantitative estimate of drug-likeness (QED) is 0.103. The zero-order valence-electron chi connectivity index (χ0n) is 22.6. The fourth-order valence-corrected chi connectivity index (χ4v) is 5.04. The van der Waals surface area contributed by atoms with Gasteiger partial charge in [0.05, 0.1) is 12.1 Å². The van der Waals surface area contributed by atoms with Crippen LogP contribution in [-0.2, 0) is 9.59 Å². The average molecular weight is 515 g/mol. The highest BCUT2D eigenvalue weighted by atomic mass is 32.2. The number of aliphatic hydroxyl groups excluding tert-OH is 1. The van der Waals surface area contributed by atoms with E-state index in [1.807, 2.05) is 0 Å². The molecule has 0 aromatic carbocycles. The van der Waals surface area contributed by atoms with Crippen LogP contribution < -0.4 is 11.1 Å². The number of allylic oxidation sites excluding steroid dienone is 1. The highest BCUT2D eigenvalue weighted by molar-refractivity contribution is 8.03. The Labute approximate surface area is 219 Å². The molecule has 0 fully saturated rings. The number of hydrogen-bond acceptors (Lipinski definition) is 5. The van der Waals surface area contributed by atoms with Crippen LogP contribution in [0.4, 0.5) is 0 Å². The van der Waals surface area contributed by atoms with Crippen molar-refractivity contribution < 1.29 is 19.8 Å². The van der Waals surface area contributed by atoms with Crippen LogP contribution in [0.3, 0.4) is 0 Å². The van der Waals surface area contributed by atoms with Crippen molar-refractivity contribution >= 4 is 23.6 Å². The number of carbonyl (C=O) groups excluding carboxylic acids is 1. The van der Waals surface area contributed by atoms with E-state index in [-0.39, 0.29) is 0 Å². The summed E-state index contributed by atoms with van der Waals surface area (Å²) >= 11 is 1.42. The van der Waals surface area contributed by atoms with Gasteiger partial charge in [-0.1, -0.05) is 116 Å². The lowest BCUT2D eigenvalue weighted by molar-refractivity contribution is -0.138. The number of carbonyl (C=O) groups is 2. The molecule has 0 aromatic rings. The van der Waals surface area contributed by atoms with Crippen molar-refractivity contribution in [1.29, 1.82) is 0 Å². The number of nitrogens with one attached hydrogen (secondary N) is 1. The summed E-state index contributed by atoms with van der Waals surface area (Å²) in [7, 11) is 0. The molecular weight excluding hydrogens is 460 g/mol. The Kier molecular flexibility index (Phi) is 23.9. The summed E-state index contributed by atoms with van der Waals surface area (Å²) in [6, 6.07) is -0.804. The maximum absolute atomic E-state index is 11.9. The summed E-state index contributed by atoms with van der Waals surface area (Å²) < 4.78 is 0. The van der Waals surface area contributed by atoms with Gasteiger partial charge in [-0.25, -0.2) is 0 Å². The monoisotopic (exact) mass is 514 g/mol. The summed E-state index contributed by atoms with van der Waals surface area (Å²) in [4.78, 5) is 23.4. The molecule has 0 saturated carbocycles. The molecule has 0 saturated heterocycles. The maximum atomic E-state index is 11.9. The van der Waals surface area contributed by atoms with E-state index < -0.39 is 30.6 Å². The van der Waals surface area contributed by atoms with E-state index in [0.717, 1.165) is 30.6 Å². The molecular formula is C28H54N2O4S. The second kappa shape index (κ2) is 24.6. The molecule has 0 bridgehead atoms. The maximum Gasteiger partial charge on any atom is 0.322 e. The normalized spacial score (nSPS) is 13.5. The Hall–Kier alpha value is -1.05. The molecule has 206 valence electrons. The number of amides is 1. The van der Waals surface area contributed by atoms with Gasteiger partial charge < -0.3 is 21.3 Å². The van der Waals surface area contributed by atoms with Gasteiger partial charge in [-0.2, -0.15) is 0 Å². The van der Waals surface area contributed by atoms with Gasteiger partial charge >= 0.3 is 5.97 Å². The number of carboxylic acids is 1. The third-order valence-corrected chi connectivity index (χ3v) is 7.54. The lowest BCUT2D eigenvalue weighted by Gasteiger charge is -2.17.